The number of imide groups is 1. The number of nitrogens with one attached hydrogen (secondary N) is 1. The van der Waals surface area contributed by atoms with E-state index in [0.29, 0.717) is 33.7 Å². The Morgan fingerprint density at radius 1 is 1.08 bits per heavy atom. The zero-order chi connectivity index (χ0) is 18.3. The summed E-state index contributed by atoms with van der Waals surface area (Å²) < 4.78 is 0. The van der Waals surface area contributed by atoms with Crippen molar-refractivity contribution in [1.29, 1.82) is 10.5 Å². The highest BCUT2D eigenvalue weighted by atomic mass is 16.2. The summed E-state index contributed by atoms with van der Waals surface area (Å²) in [6, 6.07) is 10.3. The maximum atomic E-state index is 12.7. The summed E-state index contributed by atoms with van der Waals surface area (Å²) in [7, 11) is 0. The average Bonchev–Trinajstić information content (AvgIpc) is 2.86. The van der Waals surface area contributed by atoms with Crippen LogP contribution >= 0.6 is 0 Å². The molecule has 2 amide bonds. The molecule has 0 aliphatic carbocycles. The predicted molar refractivity (Wildman–Crippen MR) is 89.7 cm³/mol. The fourth-order valence-corrected chi connectivity index (χ4v) is 3.39. The van der Waals surface area contributed by atoms with Crippen molar-refractivity contribution >= 4 is 11.8 Å². The minimum Gasteiger partial charge on any atom is -0.359 e. The molecule has 25 heavy (non-hydrogen) atoms. The summed E-state index contributed by atoms with van der Waals surface area (Å²) in [6.07, 6.45) is 0. The number of nitriles is 2. The van der Waals surface area contributed by atoms with E-state index in [2.05, 4.69) is 17.5 Å². The van der Waals surface area contributed by atoms with E-state index in [0.717, 1.165) is 0 Å². The van der Waals surface area contributed by atoms with Gasteiger partial charge in [0.05, 0.1) is 46.2 Å². The van der Waals surface area contributed by atoms with Gasteiger partial charge in [0.15, 0.2) is 0 Å². The molecule has 2 heterocycles. The zero-order valence-corrected chi connectivity index (χ0v) is 14.1. The second kappa shape index (κ2) is 5.92. The van der Waals surface area contributed by atoms with Crippen molar-refractivity contribution in [2.45, 2.75) is 26.8 Å². The number of hydrogen-bond donors (Lipinski definition) is 1. The molecular weight excluding hydrogens is 316 g/mol. The van der Waals surface area contributed by atoms with Crippen molar-refractivity contribution in [1.82, 2.24) is 10.2 Å². The van der Waals surface area contributed by atoms with Gasteiger partial charge in [0, 0.05) is 11.6 Å². The Balaban J connectivity index is 2.04. The Kier molecular flexibility index (Phi) is 3.90. The van der Waals surface area contributed by atoms with Gasteiger partial charge in [0.1, 0.15) is 0 Å². The predicted octanol–water partition coefficient (Wildman–Crippen LogP) is 2.49. The summed E-state index contributed by atoms with van der Waals surface area (Å²) in [6.45, 7) is 5.23. The van der Waals surface area contributed by atoms with Crippen LogP contribution in [0, 0.1) is 28.6 Å². The monoisotopic (exact) mass is 332 g/mol. The smallest absolute Gasteiger partial charge is 0.262 e. The Morgan fingerprint density at radius 3 is 2.08 bits per heavy atom. The van der Waals surface area contributed by atoms with E-state index in [4.69, 9.17) is 0 Å². The summed E-state index contributed by atoms with van der Waals surface area (Å²) in [5, 5.41) is 21.9. The average molecular weight is 332 g/mol. The lowest BCUT2D eigenvalue weighted by Gasteiger charge is -2.32. The molecule has 1 aromatic rings. The van der Waals surface area contributed by atoms with Crippen LogP contribution in [0.15, 0.2) is 46.8 Å². The van der Waals surface area contributed by atoms with E-state index in [-0.39, 0.29) is 17.7 Å². The van der Waals surface area contributed by atoms with Crippen LogP contribution in [0.3, 0.4) is 0 Å². The SMILES string of the molecule is CC1=C(C#N)[C@@H](C)C(C#N)=C(C(C)N2C(=O)c3ccccc3C2=O)N1. The molecule has 0 saturated heterocycles. The van der Waals surface area contributed by atoms with E-state index in [1.807, 2.05) is 0 Å². The molecular formula is C19H16N4O2. The number of amides is 2. The highest BCUT2D eigenvalue weighted by molar-refractivity contribution is 6.21. The van der Waals surface area contributed by atoms with Gasteiger partial charge in [-0.15, -0.1) is 0 Å². The molecule has 6 nitrogen and oxygen atoms in total. The Morgan fingerprint density at radius 2 is 1.60 bits per heavy atom. The molecule has 1 aromatic carbocycles. The lowest BCUT2D eigenvalue weighted by Crippen LogP contribution is -2.44. The second-order valence-electron chi connectivity index (χ2n) is 6.14. The van der Waals surface area contributed by atoms with Gasteiger partial charge in [-0.3, -0.25) is 14.5 Å². The van der Waals surface area contributed by atoms with Gasteiger partial charge in [-0.05, 0) is 26.0 Å². The minimum absolute atomic E-state index is 0.367. The lowest BCUT2D eigenvalue weighted by atomic mass is 9.86. The molecule has 0 aromatic heterocycles. The molecule has 6 heteroatoms. The molecule has 2 aliphatic heterocycles. The van der Waals surface area contributed by atoms with Crippen molar-refractivity contribution in [3.8, 4) is 12.1 Å². The van der Waals surface area contributed by atoms with Crippen molar-refractivity contribution in [2.24, 2.45) is 5.92 Å². The summed E-state index contributed by atoms with van der Waals surface area (Å²) in [5.74, 6) is -1.14. The Labute approximate surface area is 145 Å². The molecule has 0 spiro atoms. The van der Waals surface area contributed by atoms with Crippen LogP contribution in [-0.2, 0) is 0 Å². The van der Waals surface area contributed by atoms with Crippen LogP contribution in [0.4, 0.5) is 0 Å². The number of allylic oxidation sites excluding steroid dienone is 3. The van der Waals surface area contributed by atoms with Gasteiger partial charge in [0.25, 0.3) is 11.8 Å². The quantitative estimate of drug-likeness (QED) is 0.839. The second-order valence-corrected chi connectivity index (χ2v) is 6.14. The van der Waals surface area contributed by atoms with Crippen LogP contribution in [0.1, 0.15) is 41.5 Å². The van der Waals surface area contributed by atoms with E-state index in [9.17, 15) is 20.1 Å². The maximum absolute atomic E-state index is 12.7. The summed E-state index contributed by atoms with van der Waals surface area (Å²) >= 11 is 0. The van der Waals surface area contributed by atoms with Gasteiger partial charge < -0.3 is 5.32 Å². The van der Waals surface area contributed by atoms with Gasteiger partial charge in [0.2, 0.25) is 0 Å². The largest absolute Gasteiger partial charge is 0.359 e. The molecule has 0 saturated carbocycles. The van der Waals surface area contributed by atoms with E-state index in [1.165, 1.54) is 4.90 Å². The number of nitrogens with zero attached hydrogens (tertiary/aromatic N) is 3. The first-order valence-corrected chi connectivity index (χ1v) is 7.91. The number of fused-ring (bicyclic) bond motifs is 1. The standard InChI is InChI=1S/C19H16N4O2/c1-10-15(8-20)11(2)22-17(16(10)9-21)12(3)23-18(24)13-6-4-5-7-14(13)19(23)25/h4-7,10,12,22H,1-3H3/t10-,12?/m1/s1. The molecule has 2 atom stereocenters. The zero-order valence-electron chi connectivity index (χ0n) is 14.1. The maximum Gasteiger partial charge on any atom is 0.262 e. The van der Waals surface area contributed by atoms with Crippen LogP contribution in [0.2, 0.25) is 0 Å². The first kappa shape index (κ1) is 16.5. The van der Waals surface area contributed by atoms with Crippen LogP contribution < -0.4 is 5.32 Å². The lowest BCUT2D eigenvalue weighted by molar-refractivity contribution is 0.0614. The van der Waals surface area contributed by atoms with E-state index in [1.54, 1.807) is 45.0 Å². The summed E-state index contributed by atoms with van der Waals surface area (Å²) in [4.78, 5) is 26.5. The van der Waals surface area contributed by atoms with Crippen LogP contribution in [0.25, 0.3) is 0 Å². The van der Waals surface area contributed by atoms with E-state index >= 15 is 0 Å². The molecule has 1 unspecified atom stereocenters. The first-order valence-electron chi connectivity index (χ1n) is 7.91. The van der Waals surface area contributed by atoms with E-state index < -0.39 is 6.04 Å². The highest BCUT2D eigenvalue weighted by Gasteiger charge is 2.41. The van der Waals surface area contributed by atoms with Gasteiger partial charge in [-0.1, -0.05) is 19.1 Å². The number of hydrogen-bond acceptors (Lipinski definition) is 5. The molecule has 2 aliphatic rings. The molecule has 0 bridgehead atoms. The fourth-order valence-electron chi connectivity index (χ4n) is 3.39. The van der Waals surface area contributed by atoms with Crippen LogP contribution in [-0.4, -0.2) is 22.8 Å². The van der Waals surface area contributed by atoms with Crippen molar-refractivity contribution in [3.05, 3.63) is 57.9 Å². The fraction of sp³-hybridized carbons (Fsp3) is 0.263. The van der Waals surface area contributed by atoms with Gasteiger partial charge >= 0.3 is 0 Å². The number of carbonyl (C=O) groups excluding carboxylic acids is 2. The van der Waals surface area contributed by atoms with Crippen molar-refractivity contribution in [2.75, 3.05) is 0 Å². The molecule has 0 radical (unpaired) electrons. The molecule has 3 rings (SSSR count). The number of carbonyl (C=O) groups is 2. The third kappa shape index (κ3) is 2.31. The third-order valence-electron chi connectivity index (χ3n) is 4.75. The third-order valence-corrected chi connectivity index (χ3v) is 4.75. The summed E-state index contributed by atoms with van der Waals surface area (Å²) in [5.41, 5.74) is 2.70. The Bertz CT molecular complexity index is 908. The van der Waals surface area contributed by atoms with Crippen molar-refractivity contribution in [3.63, 3.8) is 0 Å². The normalized spacial score (nSPS) is 20.8. The van der Waals surface area contributed by atoms with Crippen molar-refractivity contribution < 1.29 is 9.59 Å². The minimum atomic E-state index is -0.639. The Hall–Kier alpha value is -3.38. The molecule has 0 fully saturated rings. The van der Waals surface area contributed by atoms with Gasteiger partial charge in [-0.25, -0.2) is 0 Å². The molecule has 1 N–H and O–H groups in total. The molecule has 124 valence electrons. The van der Waals surface area contributed by atoms with Crippen LogP contribution in [0.5, 0.6) is 0 Å². The topological polar surface area (TPSA) is 97.0 Å². The number of rotatable bonds is 2. The number of dihydropyridines is 1. The first-order chi connectivity index (χ1) is 11.9. The highest BCUT2D eigenvalue weighted by Crippen LogP contribution is 2.33. The van der Waals surface area contributed by atoms with Gasteiger partial charge in [-0.2, -0.15) is 10.5 Å². The number of benzene rings is 1.